The van der Waals surface area contributed by atoms with E-state index in [1.807, 2.05) is 0 Å². The lowest BCUT2D eigenvalue weighted by Crippen LogP contribution is -2.12. The van der Waals surface area contributed by atoms with Crippen molar-refractivity contribution in [3.05, 3.63) is 240 Å². The van der Waals surface area contributed by atoms with E-state index in [1.165, 1.54) is 127 Å². The van der Waals surface area contributed by atoms with Crippen molar-refractivity contribution in [3.8, 4) is 50.2 Å². The number of rotatable bonds is 5. The summed E-state index contributed by atoms with van der Waals surface area (Å²) in [5.74, 6) is 0.146. The highest BCUT2D eigenvalue weighted by Crippen LogP contribution is 2.51. The Bertz CT molecular complexity index is 3830. The highest BCUT2D eigenvalue weighted by Gasteiger charge is 2.31. The summed E-state index contributed by atoms with van der Waals surface area (Å²) in [5, 5.41) is 5.20. The zero-order chi connectivity index (χ0) is 44.6. The smallest absolute Gasteiger partial charge is 0.0574 e. The molecule has 2 aromatic heterocycles. The number of allylic oxidation sites excluding steroid dienone is 4. The normalized spacial score (nSPS) is 14.6. The number of para-hydroxylation sites is 2. The fourth-order valence-corrected chi connectivity index (χ4v) is 11.6. The molecule has 1 aliphatic heterocycles. The van der Waals surface area contributed by atoms with Crippen LogP contribution in [0.15, 0.2) is 218 Å². The molecule has 0 N–H and O–H groups in total. The number of hydrogen-bond acceptors (Lipinski definition) is 1. The van der Waals surface area contributed by atoms with Gasteiger partial charge in [-0.3, -0.25) is 0 Å². The van der Waals surface area contributed by atoms with Gasteiger partial charge in [-0.1, -0.05) is 152 Å². The third kappa shape index (κ3) is 6.30. The summed E-state index contributed by atoms with van der Waals surface area (Å²) in [6.45, 7) is 0.924. The van der Waals surface area contributed by atoms with E-state index in [2.05, 4.69) is 226 Å². The second-order valence-electron chi connectivity index (χ2n) is 18.3. The van der Waals surface area contributed by atoms with Crippen molar-refractivity contribution < 1.29 is 4.74 Å². The number of fused-ring (bicyclic) bond motifs is 11. The van der Waals surface area contributed by atoms with Crippen LogP contribution in [0.1, 0.15) is 41.0 Å². The van der Waals surface area contributed by atoms with Crippen LogP contribution < -0.4 is 0 Å². The van der Waals surface area contributed by atoms with E-state index in [4.69, 9.17) is 0 Å². The first-order valence-corrected chi connectivity index (χ1v) is 23.5. The molecule has 0 saturated carbocycles. The Morgan fingerprint density at radius 1 is 0.418 bits per heavy atom. The van der Waals surface area contributed by atoms with Gasteiger partial charge >= 0.3 is 0 Å². The molecule has 9 aromatic carbocycles. The van der Waals surface area contributed by atoms with E-state index in [0.29, 0.717) is 0 Å². The molecule has 0 bridgehead atoms. The molecule has 2 aliphatic carbocycles. The van der Waals surface area contributed by atoms with Crippen LogP contribution in [0.3, 0.4) is 0 Å². The van der Waals surface area contributed by atoms with E-state index in [0.717, 1.165) is 19.4 Å². The van der Waals surface area contributed by atoms with Crippen LogP contribution in [0.25, 0.3) is 99.4 Å². The lowest BCUT2D eigenvalue weighted by molar-refractivity contribution is 0.277. The highest BCUT2D eigenvalue weighted by atomic mass is 16.4. The summed E-state index contributed by atoms with van der Waals surface area (Å²) in [6.07, 6.45) is 7.16. The van der Waals surface area contributed by atoms with E-state index < -0.39 is 0 Å². The number of methoxy groups -OCH3 is 1. The van der Waals surface area contributed by atoms with Crippen LogP contribution in [0.5, 0.6) is 0 Å². The summed E-state index contributed by atoms with van der Waals surface area (Å²) in [7, 11) is 3.25. The Balaban J connectivity index is 0.00000145. The Hall–Kier alpha value is -7.98. The molecule has 320 valence electrons. The first kappa shape index (κ1) is 39.4. The largest absolute Gasteiger partial charge is 0.388 e. The molecule has 0 radical (unpaired) electrons. The van der Waals surface area contributed by atoms with Gasteiger partial charge in [0.15, 0.2) is 0 Å². The first-order valence-electron chi connectivity index (χ1n) is 23.5. The van der Waals surface area contributed by atoms with Gasteiger partial charge in [0.2, 0.25) is 0 Å². The predicted octanol–water partition coefficient (Wildman–Crippen LogP) is 16.4. The van der Waals surface area contributed by atoms with Crippen LogP contribution >= 0.6 is 0 Å². The summed E-state index contributed by atoms with van der Waals surface area (Å²) < 4.78 is 9.21. The molecule has 3 aliphatic rings. The van der Waals surface area contributed by atoms with E-state index in [9.17, 15) is 0 Å². The number of aromatic nitrogens is 2. The topological polar surface area (TPSA) is 19.1 Å². The van der Waals surface area contributed by atoms with Crippen molar-refractivity contribution in [2.45, 2.75) is 25.3 Å². The molecule has 1 atom stereocenters. The maximum atomic E-state index is 4.25. The summed E-state index contributed by atoms with van der Waals surface area (Å²) in [5.41, 5.74) is 24.8. The van der Waals surface area contributed by atoms with Gasteiger partial charge in [-0.2, -0.15) is 0 Å². The molecule has 0 spiro atoms. The van der Waals surface area contributed by atoms with Gasteiger partial charge < -0.3 is 13.9 Å². The fraction of sp³-hybridized carbons (Fsp3) is 0.0938. The average molecular weight is 861 g/mol. The van der Waals surface area contributed by atoms with Crippen molar-refractivity contribution >= 4 is 49.2 Å². The molecule has 1 unspecified atom stereocenters. The van der Waals surface area contributed by atoms with E-state index in [1.54, 1.807) is 14.2 Å². The second kappa shape index (κ2) is 15.9. The van der Waals surface area contributed by atoms with Gasteiger partial charge in [0, 0.05) is 65.0 Å². The second-order valence-corrected chi connectivity index (χ2v) is 18.3. The first-order chi connectivity index (χ1) is 33.1. The SMILES string of the molecule is C1=C2Cn3c4ccc(-c5cccc(C6c7ccccc7-c7cc(-c8ccc9c(c8)c8ccccc8n9-c8ccccc8)ccc76)c5)cc4c4cc(-c5ccccc5)cc(c43)C2=CCC1.COC. The van der Waals surface area contributed by atoms with Crippen LogP contribution in [0.2, 0.25) is 0 Å². The van der Waals surface area contributed by atoms with Crippen LogP contribution in [0, 0.1) is 0 Å². The minimum atomic E-state index is 0.146. The molecule has 14 rings (SSSR count). The molecule has 3 heterocycles. The number of ether oxygens (including phenoxy) is 1. The number of benzene rings is 9. The van der Waals surface area contributed by atoms with Gasteiger partial charge in [0.25, 0.3) is 0 Å². The predicted molar refractivity (Wildman–Crippen MR) is 281 cm³/mol. The lowest BCUT2D eigenvalue weighted by atomic mass is 9.86. The van der Waals surface area contributed by atoms with Crippen molar-refractivity contribution in [1.82, 2.24) is 9.13 Å². The monoisotopic (exact) mass is 860 g/mol. The Morgan fingerprint density at radius 3 is 1.85 bits per heavy atom. The molecule has 3 heteroatoms. The third-order valence-corrected chi connectivity index (χ3v) is 14.4. The minimum Gasteiger partial charge on any atom is -0.388 e. The van der Waals surface area contributed by atoms with Crippen molar-refractivity contribution in [3.63, 3.8) is 0 Å². The number of nitrogens with zero attached hydrogens (tertiary/aromatic N) is 2. The zero-order valence-electron chi connectivity index (χ0n) is 37.7. The minimum absolute atomic E-state index is 0.146. The quantitative estimate of drug-likeness (QED) is 0.169. The molecular weight excluding hydrogens is 813 g/mol. The fourth-order valence-electron chi connectivity index (χ4n) is 11.6. The van der Waals surface area contributed by atoms with Gasteiger partial charge in [-0.15, -0.1) is 0 Å². The van der Waals surface area contributed by atoms with Crippen LogP contribution in [0.4, 0.5) is 0 Å². The third-order valence-electron chi connectivity index (χ3n) is 14.4. The van der Waals surface area contributed by atoms with Gasteiger partial charge in [0.05, 0.1) is 16.6 Å². The molecule has 11 aromatic rings. The molecular formula is C64H48N2O. The van der Waals surface area contributed by atoms with Crippen molar-refractivity contribution in [1.29, 1.82) is 0 Å². The summed E-state index contributed by atoms with van der Waals surface area (Å²) in [4.78, 5) is 0. The lowest BCUT2D eigenvalue weighted by Gasteiger charge is -2.26. The van der Waals surface area contributed by atoms with Crippen LogP contribution in [-0.4, -0.2) is 23.4 Å². The Kier molecular flexibility index (Phi) is 9.33. The number of hydrogen-bond donors (Lipinski definition) is 0. The zero-order valence-corrected chi connectivity index (χ0v) is 37.7. The van der Waals surface area contributed by atoms with Gasteiger partial charge in [-0.25, -0.2) is 0 Å². The average Bonchev–Trinajstić information content (AvgIpc) is 4.02. The molecule has 0 saturated heterocycles. The standard InChI is InChI=1S/C62H42N2.C2H6O/c1-3-14-39(15-4-1)46-36-56-48-21-8-7-16-45(48)38-63-58-30-27-42(35-55(58)57(37-46)62(56)63)40-17-13-18-44(32-40)61-51-24-10-9-22-49(51)53-33-41(26-29-52(53)61)43-28-31-60-54(34-43)50-23-11-12-25-59(50)64(60)47-19-5-2-6-20-47;1-3-2/h1-6,9-37,61H,7-8,38H2;1-2H3. The highest BCUT2D eigenvalue weighted by molar-refractivity contribution is 6.16. The Labute approximate surface area is 391 Å². The van der Waals surface area contributed by atoms with Crippen LogP contribution in [-0.2, 0) is 11.3 Å². The van der Waals surface area contributed by atoms with Gasteiger partial charge in [-0.05, 0) is 146 Å². The maximum Gasteiger partial charge on any atom is 0.0574 e. The molecule has 0 amide bonds. The van der Waals surface area contributed by atoms with E-state index >= 15 is 0 Å². The summed E-state index contributed by atoms with van der Waals surface area (Å²) in [6, 6.07) is 75.0. The van der Waals surface area contributed by atoms with Gasteiger partial charge in [0.1, 0.15) is 0 Å². The molecule has 3 nitrogen and oxygen atoms in total. The maximum absolute atomic E-state index is 4.25. The molecule has 0 fully saturated rings. The Morgan fingerprint density at radius 2 is 1.01 bits per heavy atom. The molecule has 67 heavy (non-hydrogen) atoms. The van der Waals surface area contributed by atoms with Crippen molar-refractivity contribution in [2.24, 2.45) is 0 Å². The summed E-state index contributed by atoms with van der Waals surface area (Å²) >= 11 is 0. The van der Waals surface area contributed by atoms with E-state index in [-0.39, 0.29) is 5.92 Å². The van der Waals surface area contributed by atoms with Crippen molar-refractivity contribution in [2.75, 3.05) is 14.2 Å².